The molecule has 0 spiro atoms. The van der Waals surface area contributed by atoms with Crippen LogP contribution in [0.2, 0.25) is 5.02 Å². The fourth-order valence-electron chi connectivity index (χ4n) is 4.07. The summed E-state index contributed by atoms with van der Waals surface area (Å²) in [6.45, 7) is 2.08. The van der Waals surface area contributed by atoms with Gasteiger partial charge in [-0.25, -0.2) is 4.98 Å². The lowest BCUT2D eigenvalue weighted by Crippen LogP contribution is -2.61. The summed E-state index contributed by atoms with van der Waals surface area (Å²) in [5, 5.41) is 8.32. The average Bonchev–Trinajstić information content (AvgIpc) is 3.20. The number of nitrogens with one attached hydrogen (secondary N) is 3. The van der Waals surface area contributed by atoms with E-state index >= 15 is 0 Å². The summed E-state index contributed by atoms with van der Waals surface area (Å²) >= 11 is 5.77. The number of pyridine rings is 2. The molecule has 12 heteroatoms. The number of carbonyl (C=O) groups excluding carboxylic acids is 4. The molecule has 0 saturated carbocycles. The summed E-state index contributed by atoms with van der Waals surface area (Å²) in [4.78, 5) is 60.9. The largest absolute Gasteiger partial charge is 0.344 e. The number of nitrogens with zero attached hydrogens (tertiary/aromatic N) is 4. The molecule has 2 aromatic heterocycles. The van der Waals surface area contributed by atoms with Crippen molar-refractivity contribution in [3.05, 3.63) is 52.4 Å². The number of rotatable bonds is 5. The van der Waals surface area contributed by atoms with Crippen LogP contribution in [0, 0.1) is 0 Å². The lowest BCUT2D eigenvalue weighted by molar-refractivity contribution is -0.137. The summed E-state index contributed by atoms with van der Waals surface area (Å²) < 4.78 is 0. The van der Waals surface area contributed by atoms with Crippen molar-refractivity contribution >= 4 is 41.6 Å². The van der Waals surface area contributed by atoms with E-state index in [0.29, 0.717) is 24.4 Å². The Bertz CT molecular complexity index is 1110. The standard InChI is InChI=1S/C22H24ClN7O4/c1-29-9-13-6-17(24-7-14(13)10-29)20(32)27-18-11-30(12-31)5-4-16(18)26-21(33)22(34)28-19-3-2-15(23)8-25-19/h2-3,6-8,12,16,18H,4-5,9-11H2,1H3,(H,26,33)(H,27,32)(H,25,28,34)/t16-,18?/m0/s1. The van der Waals surface area contributed by atoms with Crippen molar-refractivity contribution in [3.8, 4) is 0 Å². The van der Waals surface area contributed by atoms with Gasteiger partial charge in [0.1, 0.15) is 11.5 Å². The molecule has 34 heavy (non-hydrogen) atoms. The molecular weight excluding hydrogens is 462 g/mol. The van der Waals surface area contributed by atoms with Crippen molar-refractivity contribution in [2.45, 2.75) is 31.6 Å². The molecule has 178 valence electrons. The van der Waals surface area contributed by atoms with Gasteiger partial charge in [0.25, 0.3) is 5.91 Å². The lowest BCUT2D eigenvalue weighted by Gasteiger charge is -2.37. The summed E-state index contributed by atoms with van der Waals surface area (Å²) in [6.07, 6.45) is 4.10. The molecule has 0 aliphatic carbocycles. The van der Waals surface area contributed by atoms with Crippen LogP contribution in [-0.4, -0.2) is 76.1 Å². The van der Waals surface area contributed by atoms with Gasteiger partial charge in [-0.2, -0.15) is 0 Å². The van der Waals surface area contributed by atoms with Crippen LogP contribution < -0.4 is 16.0 Å². The second kappa shape index (κ2) is 10.1. The first-order valence-corrected chi connectivity index (χ1v) is 11.1. The van der Waals surface area contributed by atoms with Gasteiger partial charge in [0.05, 0.1) is 17.1 Å². The van der Waals surface area contributed by atoms with Gasteiger partial charge < -0.3 is 20.9 Å². The van der Waals surface area contributed by atoms with E-state index in [1.807, 2.05) is 7.05 Å². The molecule has 2 aromatic rings. The quantitative estimate of drug-likeness (QED) is 0.405. The Morgan fingerprint density at radius 2 is 1.85 bits per heavy atom. The zero-order valence-electron chi connectivity index (χ0n) is 18.5. The van der Waals surface area contributed by atoms with E-state index in [4.69, 9.17) is 11.6 Å². The number of fused-ring (bicyclic) bond motifs is 1. The first-order chi connectivity index (χ1) is 16.3. The number of hydrogen-bond acceptors (Lipinski definition) is 7. The van der Waals surface area contributed by atoms with Crippen LogP contribution in [-0.2, 0) is 27.5 Å². The van der Waals surface area contributed by atoms with Crippen molar-refractivity contribution in [1.82, 2.24) is 30.4 Å². The third-order valence-electron chi connectivity index (χ3n) is 5.80. The van der Waals surface area contributed by atoms with Gasteiger partial charge in [-0.15, -0.1) is 0 Å². The zero-order valence-corrected chi connectivity index (χ0v) is 19.2. The highest BCUT2D eigenvalue weighted by atomic mass is 35.5. The van der Waals surface area contributed by atoms with Gasteiger partial charge in [0, 0.05) is 38.6 Å². The Morgan fingerprint density at radius 3 is 2.59 bits per heavy atom. The Morgan fingerprint density at radius 1 is 1.06 bits per heavy atom. The lowest BCUT2D eigenvalue weighted by atomic mass is 9.99. The molecule has 0 radical (unpaired) electrons. The van der Waals surface area contributed by atoms with Gasteiger partial charge in [-0.3, -0.25) is 29.1 Å². The van der Waals surface area contributed by atoms with Crippen LogP contribution in [0.1, 0.15) is 28.0 Å². The minimum Gasteiger partial charge on any atom is -0.344 e. The SMILES string of the molecule is CN1Cc2cnc(C(=O)NC3CN(C=O)CC[C@@H]3NC(=O)C(=O)Nc3ccc(Cl)cn3)cc2C1. The highest BCUT2D eigenvalue weighted by molar-refractivity contribution is 6.39. The van der Waals surface area contributed by atoms with Crippen molar-refractivity contribution in [2.24, 2.45) is 0 Å². The first-order valence-electron chi connectivity index (χ1n) is 10.7. The highest BCUT2D eigenvalue weighted by Gasteiger charge is 2.33. The molecule has 2 aliphatic rings. The molecule has 1 saturated heterocycles. The second-order valence-corrected chi connectivity index (χ2v) is 8.81. The van der Waals surface area contributed by atoms with Crippen molar-refractivity contribution in [2.75, 3.05) is 25.5 Å². The maximum Gasteiger partial charge on any atom is 0.314 e. The Labute approximate surface area is 200 Å². The van der Waals surface area contributed by atoms with Gasteiger partial charge >= 0.3 is 11.8 Å². The minimum atomic E-state index is -0.901. The van der Waals surface area contributed by atoms with Gasteiger partial charge in [0.2, 0.25) is 6.41 Å². The molecule has 0 bridgehead atoms. The minimum absolute atomic E-state index is 0.179. The number of likely N-dealkylation sites (tertiary alicyclic amines) is 1. The van der Waals surface area contributed by atoms with E-state index < -0.39 is 29.8 Å². The van der Waals surface area contributed by atoms with Crippen LogP contribution in [0.25, 0.3) is 0 Å². The van der Waals surface area contributed by atoms with E-state index in [2.05, 4.69) is 30.8 Å². The topological polar surface area (TPSA) is 137 Å². The van der Waals surface area contributed by atoms with Crippen LogP contribution in [0.15, 0.2) is 30.6 Å². The maximum atomic E-state index is 12.9. The van der Waals surface area contributed by atoms with E-state index in [0.717, 1.165) is 24.2 Å². The molecule has 1 unspecified atom stereocenters. The van der Waals surface area contributed by atoms with Crippen LogP contribution in [0.4, 0.5) is 5.82 Å². The molecule has 3 N–H and O–H groups in total. The Kier molecular flexibility index (Phi) is 7.03. The average molecular weight is 486 g/mol. The fourth-order valence-corrected chi connectivity index (χ4v) is 4.18. The molecule has 4 rings (SSSR count). The van der Waals surface area contributed by atoms with Crippen molar-refractivity contribution in [3.63, 3.8) is 0 Å². The van der Waals surface area contributed by atoms with E-state index in [1.54, 1.807) is 12.3 Å². The number of hydrogen-bond donors (Lipinski definition) is 3. The number of amides is 4. The summed E-state index contributed by atoms with van der Waals surface area (Å²) in [6, 6.07) is 3.61. The number of anilines is 1. The summed E-state index contributed by atoms with van der Waals surface area (Å²) in [5.41, 5.74) is 2.38. The number of piperidine rings is 1. The number of carbonyl (C=O) groups is 4. The molecule has 2 atom stereocenters. The summed E-state index contributed by atoms with van der Waals surface area (Å²) in [5.74, 6) is -2.01. The van der Waals surface area contributed by atoms with E-state index in [-0.39, 0.29) is 18.1 Å². The van der Waals surface area contributed by atoms with Gasteiger partial charge in [-0.1, -0.05) is 11.6 Å². The van der Waals surface area contributed by atoms with E-state index in [9.17, 15) is 19.2 Å². The smallest absolute Gasteiger partial charge is 0.314 e. The third-order valence-corrected chi connectivity index (χ3v) is 6.02. The monoisotopic (exact) mass is 485 g/mol. The fraction of sp³-hybridized carbons (Fsp3) is 0.364. The number of halogens is 1. The summed E-state index contributed by atoms with van der Waals surface area (Å²) in [7, 11) is 1.99. The second-order valence-electron chi connectivity index (χ2n) is 8.38. The molecular formula is C22H24ClN7O4. The van der Waals surface area contributed by atoms with E-state index in [1.165, 1.54) is 23.2 Å². The Hall–Kier alpha value is -3.57. The molecule has 2 aliphatic heterocycles. The third kappa shape index (κ3) is 5.49. The zero-order chi connectivity index (χ0) is 24.2. The molecule has 11 nitrogen and oxygen atoms in total. The molecule has 4 heterocycles. The first kappa shape index (κ1) is 23.6. The van der Waals surface area contributed by atoms with Crippen molar-refractivity contribution < 1.29 is 19.2 Å². The highest BCUT2D eigenvalue weighted by Crippen LogP contribution is 2.21. The van der Waals surface area contributed by atoms with Gasteiger partial charge in [-0.05, 0) is 42.8 Å². The number of aromatic nitrogens is 2. The predicted molar refractivity (Wildman–Crippen MR) is 123 cm³/mol. The maximum absolute atomic E-state index is 12.9. The Balaban J connectivity index is 1.41. The van der Waals surface area contributed by atoms with Crippen molar-refractivity contribution in [1.29, 1.82) is 0 Å². The molecule has 4 amide bonds. The van der Waals surface area contributed by atoms with Crippen LogP contribution in [0.5, 0.6) is 0 Å². The van der Waals surface area contributed by atoms with Crippen LogP contribution in [0.3, 0.4) is 0 Å². The normalized spacial score (nSPS) is 19.8. The van der Waals surface area contributed by atoms with Gasteiger partial charge in [0.15, 0.2) is 0 Å². The molecule has 0 aromatic carbocycles. The predicted octanol–water partition coefficient (Wildman–Crippen LogP) is 0.159. The van der Waals surface area contributed by atoms with Crippen LogP contribution >= 0.6 is 11.6 Å². The molecule has 1 fully saturated rings.